The lowest BCUT2D eigenvalue weighted by Crippen LogP contribution is -2.30. The molecular formula is C15H13F2NO4S. The lowest BCUT2D eigenvalue weighted by atomic mass is 10.1. The molecule has 2 aromatic rings. The van der Waals surface area contributed by atoms with E-state index in [1.54, 1.807) is 30.3 Å². The smallest absolute Gasteiger partial charge is 0.305 e. The second-order valence-electron chi connectivity index (χ2n) is 4.79. The average Bonchev–Trinajstić information content (AvgIpc) is 2.46. The van der Waals surface area contributed by atoms with Crippen molar-refractivity contribution in [2.75, 3.05) is 0 Å². The Bertz CT molecular complexity index is 789. The Balaban J connectivity index is 2.36. The fraction of sp³-hybridized carbons (Fsp3) is 0.133. The topological polar surface area (TPSA) is 83.5 Å². The van der Waals surface area contributed by atoms with Crippen LogP contribution in [0.5, 0.6) is 0 Å². The second-order valence-corrected chi connectivity index (χ2v) is 6.50. The predicted molar refractivity (Wildman–Crippen MR) is 78.1 cm³/mol. The fourth-order valence-electron chi connectivity index (χ4n) is 2.03. The first kappa shape index (κ1) is 17.0. The monoisotopic (exact) mass is 341 g/mol. The van der Waals surface area contributed by atoms with E-state index >= 15 is 0 Å². The molecule has 5 nitrogen and oxygen atoms in total. The van der Waals surface area contributed by atoms with Crippen molar-refractivity contribution in [3.05, 3.63) is 65.7 Å². The SMILES string of the molecule is O=C(O)CC(NS(=O)(=O)c1cc(F)cc(F)c1)c1ccccc1. The number of rotatable bonds is 6. The van der Waals surface area contributed by atoms with Gasteiger partial charge in [-0.25, -0.2) is 21.9 Å². The molecule has 0 amide bonds. The van der Waals surface area contributed by atoms with Crippen LogP contribution in [0.25, 0.3) is 0 Å². The van der Waals surface area contributed by atoms with E-state index in [0.29, 0.717) is 23.8 Å². The number of hydrogen-bond donors (Lipinski definition) is 2. The molecule has 2 N–H and O–H groups in total. The van der Waals surface area contributed by atoms with Crippen molar-refractivity contribution in [3.63, 3.8) is 0 Å². The van der Waals surface area contributed by atoms with Crippen molar-refractivity contribution in [1.82, 2.24) is 4.72 Å². The van der Waals surface area contributed by atoms with E-state index in [9.17, 15) is 22.0 Å². The van der Waals surface area contributed by atoms with Crippen LogP contribution in [0.15, 0.2) is 53.4 Å². The minimum atomic E-state index is -4.29. The third-order valence-electron chi connectivity index (χ3n) is 3.02. The quantitative estimate of drug-likeness (QED) is 0.845. The first-order chi connectivity index (χ1) is 10.8. The maximum atomic E-state index is 13.2. The first-order valence-corrected chi connectivity index (χ1v) is 8.01. The van der Waals surface area contributed by atoms with E-state index in [2.05, 4.69) is 4.72 Å². The summed E-state index contributed by atoms with van der Waals surface area (Å²) in [6.07, 6.45) is -0.513. The molecule has 0 saturated heterocycles. The number of nitrogens with one attached hydrogen (secondary N) is 1. The van der Waals surface area contributed by atoms with Crippen LogP contribution in [0, 0.1) is 11.6 Å². The van der Waals surface area contributed by atoms with Gasteiger partial charge in [0.1, 0.15) is 11.6 Å². The third-order valence-corrected chi connectivity index (χ3v) is 4.48. The van der Waals surface area contributed by atoms with Crippen LogP contribution in [0.4, 0.5) is 8.78 Å². The Morgan fingerprint density at radius 1 is 1.09 bits per heavy atom. The Morgan fingerprint density at radius 2 is 1.65 bits per heavy atom. The molecule has 0 heterocycles. The van der Waals surface area contributed by atoms with Crippen LogP contribution < -0.4 is 4.72 Å². The van der Waals surface area contributed by atoms with Crippen LogP contribution >= 0.6 is 0 Å². The van der Waals surface area contributed by atoms with Crippen LogP contribution in [0.2, 0.25) is 0 Å². The molecule has 0 fully saturated rings. The Kier molecular flexibility index (Phi) is 5.07. The van der Waals surface area contributed by atoms with E-state index in [4.69, 9.17) is 5.11 Å². The summed E-state index contributed by atoms with van der Waals surface area (Å²) in [4.78, 5) is 10.3. The van der Waals surface area contributed by atoms with Gasteiger partial charge in [0, 0.05) is 6.07 Å². The Hall–Kier alpha value is -2.32. The largest absolute Gasteiger partial charge is 0.481 e. The summed E-state index contributed by atoms with van der Waals surface area (Å²) in [5.74, 6) is -3.30. The zero-order chi connectivity index (χ0) is 17.0. The number of carbonyl (C=O) groups is 1. The number of sulfonamides is 1. The molecule has 0 bridgehead atoms. The summed E-state index contributed by atoms with van der Waals surface area (Å²) in [7, 11) is -4.29. The van der Waals surface area contributed by atoms with Gasteiger partial charge in [0.05, 0.1) is 17.4 Å². The van der Waals surface area contributed by atoms with Gasteiger partial charge >= 0.3 is 5.97 Å². The minimum absolute atomic E-state index is 0.426. The van der Waals surface area contributed by atoms with Gasteiger partial charge < -0.3 is 5.11 Å². The highest BCUT2D eigenvalue weighted by Gasteiger charge is 2.24. The van der Waals surface area contributed by atoms with Gasteiger partial charge in [0.2, 0.25) is 10.0 Å². The standard InChI is InChI=1S/C15H13F2NO4S/c16-11-6-12(17)8-13(7-11)23(21,22)18-14(9-15(19)20)10-4-2-1-3-5-10/h1-8,14,18H,9H2,(H,19,20). The van der Waals surface area contributed by atoms with E-state index in [1.165, 1.54) is 0 Å². The molecular weight excluding hydrogens is 328 g/mol. The summed E-state index contributed by atoms with van der Waals surface area (Å²) in [5.41, 5.74) is 0.426. The Morgan fingerprint density at radius 3 is 2.17 bits per heavy atom. The molecule has 0 aliphatic carbocycles. The molecule has 0 radical (unpaired) electrons. The average molecular weight is 341 g/mol. The molecule has 2 rings (SSSR count). The van der Waals surface area contributed by atoms with Crippen molar-refractivity contribution in [2.24, 2.45) is 0 Å². The third kappa shape index (κ3) is 4.57. The van der Waals surface area contributed by atoms with Gasteiger partial charge in [-0.1, -0.05) is 30.3 Å². The molecule has 0 aromatic heterocycles. The molecule has 0 saturated carbocycles. The van der Waals surface area contributed by atoms with Gasteiger partial charge in [-0.2, -0.15) is 0 Å². The number of benzene rings is 2. The minimum Gasteiger partial charge on any atom is -0.481 e. The van der Waals surface area contributed by atoms with Gasteiger partial charge in [-0.15, -0.1) is 0 Å². The lowest BCUT2D eigenvalue weighted by molar-refractivity contribution is -0.137. The van der Waals surface area contributed by atoms with Crippen LogP contribution in [-0.4, -0.2) is 19.5 Å². The molecule has 2 aromatic carbocycles. The van der Waals surface area contributed by atoms with E-state index in [0.717, 1.165) is 0 Å². The molecule has 1 atom stereocenters. The van der Waals surface area contributed by atoms with Crippen molar-refractivity contribution in [2.45, 2.75) is 17.4 Å². The van der Waals surface area contributed by atoms with E-state index < -0.39 is 45.0 Å². The highest BCUT2D eigenvalue weighted by molar-refractivity contribution is 7.89. The maximum Gasteiger partial charge on any atom is 0.305 e. The van der Waals surface area contributed by atoms with Gasteiger partial charge in [0.25, 0.3) is 0 Å². The van der Waals surface area contributed by atoms with E-state index in [-0.39, 0.29) is 0 Å². The zero-order valence-corrected chi connectivity index (χ0v) is 12.6. The molecule has 122 valence electrons. The number of carboxylic acids is 1. The summed E-state index contributed by atoms with van der Waals surface area (Å²) in [6.45, 7) is 0. The van der Waals surface area contributed by atoms with Crippen molar-refractivity contribution < 1.29 is 27.1 Å². The molecule has 23 heavy (non-hydrogen) atoms. The van der Waals surface area contributed by atoms with Gasteiger partial charge in [-0.3, -0.25) is 4.79 Å². The lowest BCUT2D eigenvalue weighted by Gasteiger charge is -2.17. The Labute approximate surface area is 131 Å². The van der Waals surface area contributed by atoms with Crippen LogP contribution in [-0.2, 0) is 14.8 Å². The second kappa shape index (κ2) is 6.84. The number of hydrogen-bond acceptors (Lipinski definition) is 3. The van der Waals surface area contributed by atoms with E-state index in [1.807, 2.05) is 0 Å². The molecule has 0 aliphatic heterocycles. The highest BCUT2D eigenvalue weighted by Crippen LogP contribution is 2.21. The van der Waals surface area contributed by atoms with Crippen LogP contribution in [0.1, 0.15) is 18.0 Å². The molecule has 0 aliphatic rings. The summed E-state index contributed by atoms with van der Waals surface area (Å²) in [5, 5.41) is 8.95. The van der Waals surface area contributed by atoms with Gasteiger partial charge in [0.15, 0.2) is 0 Å². The highest BCUT2D eigenvalue weighted by atomic mass is 32.2. The van der Waals surface area contributed by atoms with Crippen molar-refractivity contribution in [3.8, 4) is 0 Å². The molecule has 0 spiro atoms. The molecule has 1 unspecified atom stereocenters. The van der Waals surface area contributed by atoms with Crippen molar-refractivity contribution in [1.29, 1.82) is 0 Å². The number of halogens is 2. The van der Waals surface area contributed by atoms with Crippen LogP contribution in [0.3, 0.4) is 0 Å². The normalized spacial score (nSPS) is 12.8. The fourth-order valence-corrected chi connectivity index (χ4v) is 3.29. The number of aliphatic carboxylic acids is 1. The van der Waals surface area contributed by atoms with Crippen molar-refractivity contribution >= 4 is 16.0 Å². The zero-order valence-electron chi connectivity index (χ0n) is 11.7. The van der Waals surface area contributed by atoms with Gasteiger partial charge in [-0.05, 0) is 17.7 Å². The summed E-state index contributed by atoms with van der Waals surface area (Å²) >= 11 is 0. The first-order valence-electron chi connectivity index (χ1n) is 6.53. The summed E-state index contributed by atoms with van der Waals surface area (Å²) in [6, 6.07) is 8.86. The molecule has 8 heteroatoms. The number of carboxylic acid groups (broad SMARTS) is 1. The maximum absolute atomic E-state index is 13.2. The summed E-state index contributed by atoms with van der Waals surface area (Å²) < 4.78 is 53.1. The predicted octanol–water partition coefficient (Wildman–Crippen LogP) is 2.46.